The molecule has 1 saturated heterocycles. The Kier molecular flexibility index (Phi) is 9.09. The molecule has 4 aromatic carbocycles. The summed E-state index contributed by atoms with van der Waals surface area (Å²) in [6, 6.07) is 30.2. The van der Waals surface area contributed by atoms with E-state index < -0.39 is 16.5 Å². The van der Waals surface area contributed by atoms with E-state index in [1.54, 1.807) is 17.0 Å². The Balaban J connectivity index is 1.21. The lowest BCUT2D eigenvalue weighted by Crippen LogP contribution is -2.35. The van der Waals surface area contributed by atoms with Crippen molar-refractivity contribution >= 4 is 57.7 Å². The summed E-state index contributed by atoms with van der Waals surface area (Å²) in [5.74, 6) is -0.561. The van der Waals surface area contributed by atoms with Crippen LogP contribution in [0.2, 0.25) is 5.02 Å². The average Bonchev–Trinajstić information content (AvgIpc) is 3.61. The van der Waals surface area contributed by atoms with E-state index in [0.29, 0.717) is 31.0 Å². The molecule has 0 saturated carbocycles. The van der Waals surface area contributed by atoms with Crippen molar-refractivity contribution in [2.45, 2.75) is 30.1 Å². The normalized spacial score (nSPS) is 16.2. The van der Waals surface area contributed by atoms with Gasteiger partial charge in [0.2, 0.25) is 17.7 Å². The number of nitrogens with two attached hydrogens (primary N) is 1. The Morgan fingerprint density at radius 2 is 1.76 bits per heavy atom. The van der Waals surface area contributed by atoms with E-state index in [1.165, 1.54) is 17.8 Å². The number of amides is 3. The van der Waals surface area contributed by atoms with Crippen LogP contribution >= 0.6 is 23.4 Å². The Morgan fingerprint density at radius 3 is 2.58 bits per heavy atom. The number of rotatable bonds is 11. The number of carbonyl (C=O) groups is 3. The van der Waals surface area contributed by atoms with E-state index in [0.717, 1.165) is 27.6 Å². The summed E-state index contributed by atoms with van der Waals surface area (Å²) >= 11 is 8.02. The number of carbonyl (C=O) groups excluding carboxylic acids is 3. The van der Waals surface area contributed by atoms with Gasteiger partial charge in [-0.15, -0.1) is 11.8 Å². The number of aromatic nitrogens is 1. The van der Waals surface area contributed by atoms with E-state index >= 15 is 0 Å². The number of ether oxygens (including phenoxy) is 1. The molecule has 1 aliphatic heterocycles. The van der Waals surface area contributed by atoms with Gasteiger partial charge in [0, 0.05) is 30.1 Å². The van der Waals surface area contributed by atoms with Gasteiger partial charge >= 0.3 is 0 Å². The summed E-state index contributed by atoms with van der Waals surface area (Å²) in [4.78, 5) is 44.0. The van der Waals surface area contributed by atoms with Gasteiger partial charge in [0.15, 0.2) is 0 Å². The predicted octanol–water partition coefficient (Wildman–Crippen LogP) is 6.40. The fourth-order valence-corrected chi connectivity index (χ4v) is 7.21. The topological polar surface area (TPSA) is 118 Å². The predicted molar refractivity (Wildman–Crippen MR) is 178 cm³/mol. The van der Waals surface area contributed by atoms with Crippen molar-refractivity contribution in [1.29, 1.82) is 0 Å². The van der Waals surface area contributed by atoms with Gasteiger partial charge in [0.1, 0.15) is 17.7 Å². The van der Waals surface area contributed by atoms with Crippen LogP contribution in [0.3, 0.4) is 0 Å². The number of H-pyrrole nitrogens is 1. The molecule has 228 valence electrons. The molecule has 0 aliphatic carbocycles. The Bertz CT molecular complexity index is 1860. The number of nitrogens with zero attached hydrogens (tertiary/aromatic N) is 1. The van der Waals surface area contributed by atoms with Crippen molar-refractivity contribution in [3.8, 4) is 5.75 Å². The van der Waals surface area contributed by atoms with Gasteiger partial charge < -0.3 is 20.8 Å². The lowest BCUT2D eigenvalue weighted by Gasteiger charge is -2.26. The first-order valence-corrected chi connectivity index (χ1v) is 15.9. The molecular formula is C35H31ClN4O4S. The van der Waals surface area contributed by atoms with Crippen molar-refractivity contribution < 1.29 is 19.1 Å². The molecule has 0 spiro atoms. The van der Waals surface area contributed by atoms with E-state index in [2.05, 4.69) is 10.3 Å². The zero-order valence-corrected chi connectivity index (χ0v) is 25.8. The second-order valence-corrected chi connectivity index (χ2v) is 12.4. The number of benzene rings is 4. The molecule has 6 rings (SSSR count). The first-order chi connectivity index (χ1) is 21.9. The average molecular weight is 639 g/mol. The Hall–Kier alpha value is -4.73. The highest BCUT2D eigenvalue weighted by molar-refractivity contribution is 8.01. The van der Waals surface area contributed by atoms with Gasteiger partial charge in [0.25, 0.3) is 0 Å². The molecule has 4 N–H and O–H groups in total. The van der Waals surface area contributed by atoms with Crippen LogP contribution < -0.4 is 20.7 Å². The standard InChI is InChI=1S/C35H31ClN4O4S/c36-32-27(33(37)42)13-7-15-29(32)40-34(43)30(19-31(41)38-17-16-24-20-39-28-14-5-4-12-26(24)28)45-35(40)23-10-6-11-25(18-23)44-21-22-8-2-1-3-9-22/h1-15,18,20,30,35,39H,16-17,19,21H2,(H2,37,42)(H,38,41)/t30-,35+/m1/s1. The van der Waals surface area contributed by atoms with Crippen LogP contribution in [0.15, 0.2) is 103 Å². The van der Waals surface area contributed by atoms with E-state index in [1.807, 2.05) is 85.1 Å². The van der Waals surface area contributed by atoms with Gasteiger partial charge in [-0.05, 0) is 53.4 Å². The number of primary amides is 1. The van der Waals surface area contributed by atoms with Crippen LogP contribution in [0.25, 0.3) is 10.9 Å². The summed E-state index contributed by atoms with van der Waals surface area (Å²) in [5, 5.41) is 2.98. The van der Waals surface area contributed by atoms with Crippen LogP contribution in [-0.2, 0) is 22.6 Å². The first-order valence-electron chi connectivity index (χ1n) is 14.5. The molecule has 0 radical (unpaired) electrons. The number of halogens is 1. The fraction of sp³-hybridized carbons (Fsp3) is 0.171. The molecular weight excluding hydrogens is 608 g/mol. The molecule has 3 amide bonds. The zero-order chi connectivity index (χ0) is 31.3. The number of hydrogen-bond donors (Lipinski definition) is 3. The third-order valence-electron chi connectivity index (χ3n) is 7.70. The van der Waals surface area contributed by atoms with Crippen molar-refractivity contribution in [3.63, 3.8) is 0 Å². The van der Waals surface area contributed by atoms with Crippen LogP contribution in [0.5, 0.6) is 5.75 Å². The van der Waals surface area contributed by atoms with Gasteiger partial charge in [0.05, 0.1) is 21.5 Å². The van der Waals surface area contributed by atoms with E-state index in [4.69, 9.17) is 22.1 Å². The van der Waals surface area contributed by atoms with Gasteiger partial charge in [-0.3, -0.25) is 19.3 Å². The second kappa shape index (κ2) is 13.5. The third-order valence-corrected chi connectivity index (χ3v) is 9.53. The Labute approximate surface area is 269 Å². The lowest BCUT2D eigenvalue weighted by molar-refractivity contribution is -0.124. The van der Waals surface area contributed by atoms with E-state index in [9.17, 15) is 14.4 Å². The molecule has 0 unspecified atom stereocenters. The zero-order valence-electron chi connectivity index (χ0n) is 24.2. The molecule has 8 nitrogen and oxygen atoms in total. The lowest BCUT2D eigenvalue weighted by atomic mass is 10.1. The number of aromatic amines is 1. The molecule has 45 heavy (non-hydrogen) atoms. The first kappa shape index (κ1) is 30.3. The maximum absolute atomic E-state index is 14.0. The number of nitrogens with one attached hydrogen (secondary N) is 2. The van der Waals surface area contributed by atoms with Crippen molar-refractivity contribution in [3.05, 3.63) is 131 Å². The largest absolute Gasteiger partial charge is 0.489 e. The van der Waals surface area contributed by atoms with Crippen LogP contribution in [-0.4, -0.2) is 34.5 Å². The quantitative estimate of drug-likeness (QED) is 0.155. The fourth-order valence-electron chi connectivity index (χ4n) is 5.46. The highest BCUT2D eigenvalue weighted by Gasteiger charge is 2.44. The minimum Gasteiger partial charge on any atom is -0.489 e. The third kappa shape index (κ3) is 6.69. The van der Waals surface area contributed by atoms with Crippen molar-refractivity contribution in [2.24, 2.45) is 5.73 Å². The van der Waals surface area contributed by atoms with Crippen molar-refractivity contribution in [1.82, 2.24) is 10.3 Å². The molecule has 1 aromatic heterocycles. The maximum atomic E-state index is 14.0. The summed E-state index contributed by atoms with van der Waals surface area (Å²) < 4.78 is 6.06. The van der Waals surface area contributed by atoms with Crippen molar-refractivity contribution in [2.75, 3.05) is 11.4 Å². The second-order valence-electron chi connectivity index (χ2n) is 10.7. The Morgan fingerprint density at radius 1 is 0.978 bits per heavy atom. The smallest absolute Gasteiger partial charge is 0.250 e. The molecule has 1 aliphatic rings. The minimum absolute atomic E-state index is 0.0122. The highest BCUT2D eigenvalue weighted by Crippen LogP contribution is 2.49. The number of thioether (sulfide) groups is 1. The SMILES string of the molecule is NC(=O)c1cccc(N2C(=O)[C@@H](CC(=O)NCCc3c[nH]c4ccccc34)S[C@H]2c2cccc(OCc3ccccc3)c2)c1Cl. The number of para-hydroxylation sites is 1. The molecule has 2 heterocycles. The summed E-state index contributed by atoms with van der Waals surface area (Å²) in [6.07, 6.45) is 2.60. The van der Waals surface area contributed by atoms with Gasteiger partial charge in [-0.2, -0.15) is 0 Å². The van der Waals surface area contributed by atoms with E-state index in [-0.39, 0.29) is 28.8 Å². The maximum Gasteiger partial charge on any atom is 0.250 e. The molecule has 5 aromatic rings. The van der Waals surface area contributed by atoms with Gasteiger partial charge in [-0.25, -0.2) is 0 Å². The number of hydrogen-bond acceptors (Lipinski definition) is 5. The monoisotopic (exact) mass is 638 g/mol. The molecule has 10 heteroatoms. The van der Waals surface area contributed by atoms with Crippen LogP contribution in [0.4, 0.5) is 5.69 Å². The minimum atomic E-state index is -0.694. The summed E-state index contributed by atoms with van der Waals surface area (Å²) in [7, 11) is 0. The molecule has 0 bridgehead atoms. The van der Waals surface area contributed by atoms with Crippen LogP contribution in [0.1, 0.15) is 38.8 Å². The summed E-state index contributed by atoms with van der Waals surface area (Å²) in [6.45, 7) is 0.825. The number of fused-ring (bicyclic) bond motifs is 1. The highest BCUT2D eigenvalue weighted by atomic mass is 35.5. The number of anilines is 1. The van der Waals surface area contributed by atoms with Gasteiger partial charge in [-0.1, -0.05) is 78.3 Å². The molecule has 1 fully saturated rings. The van der Waals surface area contributed by atoms with Crippen LogP contribution in [0, 0.1) is 0 Å². The molecule has 2 atom stereocenters. The summed E-state index contributed by atoms with van der Waals surface area (Å²) in [5.41, 5.74) is 10.0.